The van der Waals surface area contributed by atoms with Crippen LogP contribution in [0.4, 0.5) is 0 Å². The van der Waals surface area contributed by atoms with Crippen molar-refractivity contribution in [3.8, 4) is 0 Å². The number of hydrogen-bond donors (Lipinski definition) is 2. The lowest BCUT2D eigenvalue weighted by molar-refractivity contribution is -0.120. The first-order chi connectivity index (χ1) is 9.44. The first kappa shape index (κ1) is 15.0. The standard InChI is InChI=1S/C14H20N2O3S/c1-11-2-4-12(5-3-11)8-15-9-14(17)16-13-6-7-20(18,19)10-13/h2-5,13,15H,6-10H2,1H3,(H,16,17). The molecule has 1 amide bonds. The predicted octanol–water partition coefficient (Wildman–Crippen LogP) is 0.388. The quantitative estimate of drug-likeness (QED) is 0.824. The lowest BCUT2D eigenvalue weighted by Gasteiger charge is -2.11. The molecule has 0 aromatic heterocycles. The molecule has 1 heterocycles. The Balaban J connectivity index is 1.69. The minimum atomic E-state index is -2.94. The molecule has 1 aliphatic heterocycles. The summed E-state index contributed by atoms with van der Waals surface area (Å²) in [5.41, 5.74) is 2.32. The number of hydrogen-bond acceptors (Lipinski definition) is 4. The van der Waals surface area contributed by atoms with Crippen molar-refractivity contribution in [2.75, 3.05) is 18.1 Å². The third-order valence-electron chi connectivity index (χ3n) is 3.33. The van der Waals surface area contributed by atoms with Gasteiger partial charge < -0.3 is 10.6 Å². The van der Waals surface area contributed by atoms with Crippen LogP contribution in [-0.2, 0) is 21.2 Å². The van der Waals surface area contributed by atoms with Gasteiger partial charge in [-0.1, -0.05) is 29.8 Å². The van der Waals surface area contributed by atoms with Crippen LogP contribution in [0.2, 0.25) is 0 Å². The Morgan fingerprint density at radius 2 is 2.00 bits per heavy atom. The number of carbonyl (C=O) groups is 1. The van der Waals surface area contributed by atoms with Crippen molar-refractivity contribution in [1.29, 1.82) is 0 Å². The minimum Gasteiger partial charge on any atom is -0.351 e. The van der Waals surface area contributed by atoms with E-state index in [0.717, 1.165) is 5.56 Å². The summed E-state index contributed by atoms with van der Waals surface area (Å²) in [5, 5.41) is 5.80. The fourth-order valence-corrected chi connectivity index (χ4v) is 3.89. The van der Waals surface area contributed by atoms with E-state index in [1.54, 1.807) is 0 Å². The molecule has 20 heavy (non-hydrogen) atoms. The van der Waals surface area contributed by atoms with E-state index in [9.17, 15) is 13.2 Å². The Labute approximate surface area is 119 Å². The normalized spacial score (nSPS) is 20.8. The van der Waals surface area contributed by atoms with Gasteiger partial charge in [0, 0.05) is 12.6 Å². The molecule has 1 atom stereocenters. The van der Waals surface area contributed by atoms with Crippen molar-refractivity contribution in [3.63, 3.8) is 0 Å². The molecule has 0 radical (unpaired) electrons. The van der Waals surface area contributed by atoms with E-state index in [2.05, 4.69) is 10.6 Å². The highest BCUT2D eigenvalue weighted by atomic mass is 32.2. The van der Waals surface area contributed by atoms with E-state index >= 15 is 0 Å². The highest BCUT2D eigenvalue weighted by Gasteiger charge is 2.28. The van der Waals surface area contributed by atoms with Gasteiger partial charge in [0.2, 0.25) is 5.91 Å². The second-order valence-corrected chi connectivity index (χ2v) is 7.49. The lowest BCUT2D eigenvalue weighted by Crippen LogP contribution is -2.40. The van der Waals surface area contributed by atoms with Crippen LogP contribution in [0.25, 0.3) is 0 Å². The number of aryl methyl sites for hydroxylation is 1. The van der Waals surface area contributed by atoms with Crippen molar-refractivity contribution >= 4 is 15.7 Å². The molecule has 1 unspecified atom stereocenters. The SMILES string of the molecule is Cc1ccc(CNCC(=O)NC2CCS(=O)(=O)C2)cc1. The molecule has 1 saturated heterocycles. The third kappa shape index (κ3) is 4.61. The fraction of sp³-hybridized carbons (Fsp3) is 0.500. The highest BCUT2D eigenvalue weighted by Crippen LogP contribution is 2.10. The zero-order valence-electron chi connectivity index (χ0n) is 11.6. The average Bonchev–Trinajstić information content (AvgIpc) is 2.71. The second kappa shape index (κ2) is 6.37. The van der Waals surface area contributed by atoms with Crippen molar-refractivity contribution in [1.82, 2.24) is 10.6 Å². The molecule has 1 fully saturated rings. The Kier molecular flexibility index (Phi) is 4.77. The van der Waals surface area contributed by atoms with Crippen LogP contribution in [-0.4, -0.2) is 38.4 Å². The maximum atomic E-state index is 11.7. The van der Waals surface area contributed by atoms with Gasteiger partial charge in [-0.05, 0) is 18.9 Å². The van der Waals surface area contributed by atoms with Gasteiger partial charge >= 0.3 is 0 Å². The van der Waals surface area contributed by atoms with E-state index in [-0.39, 0.29) is 30.0 Å². The molecule has 110 valence electrons. The Morgan fingerprint density at radius 3 is 2.60 bits per heavy atom. The maximum Gasteiger partial charge on any atom is 0.234 e. The molecule has 0 bridgehead atoms. The van der Waals surface area contributed by atoms with E-state index in [1.807, 2.05) is 31.2 Å². The number of benzene rings is 1. The van der Waals surface area contributed by atoms with Gasteiger partial charge in [0.05, 0.1) is 18.1 Å². The lowest BCUT2D eigenvalue weighted by atomic mass is 10.1. The van der Waals surface area contributed by atoms with Gasteiger partial charge in [0.15, 0.2) is 9.84 Å². The largest absolute Gasteiger partial charge is 0.351 e. The molecule has 6 heteroatoms. The molecule has 2 rings (SSSR count). The van der Waals surface area contributed by atoms with Crippen LogP contribution in [0.15, 0.2) is 24.3 Å². The summed E-state index contributed by atoms with van der Waals surface area (Å²) in [4.78, 5) is 11.7. The predicted molar refractivity (Wildman–Crippen MR) is 78.1 cm³/mol. The number of rotatable bonds is 5. The smallest absolute Gasteiger partial charge is 0.234 e. The summed E-state index contributed by atoms with van der Waals surface area (Å²) in [7, 11) is -2.94. The Morgan fingerprint density at radius 1 is 1.30 bits per heavy atom. The Bertz CT molecular complexity index is 567. The van der Waals surface area contributed by atoms with Crippen LogP contribution in [0.1, 0.15) is 17.5 Å². The molecule has 1 aromatic rings. The molecular formula is C14H20N2O3S. The number of nitrogens with one attached hydrogen (secondary N) is 2. The van der Waals surface area contributed by atoms with Crippen molar-refractivity contribution in [2.24, 2.45) is 0 Å². The van der Waals surface area contributed by atoms with E-state index in [4.69, 9.17) is 0 Å². The van der Waals surface area contributed by atoms with Crippen LogP contribution < -0.4 is 10.6 Å². The molecule has 0 saturated carbocycles. The summed E-state index contributed by atoms with van der Waals surface area (Å²) < 4.78 is 22.6. The minimum absolute atomic E-state index is 0.0662. The first-order valence-corrected chi connectivity index (χ1v) is 8.53. The number of amides is 1. The molecule has 0 aliphatic carbocycles. The van der Waals surface area contributed by atoms with Crippen LogP contribution in [0, 0.1) is 6.92 Å². The molecular weight excluding hydrogens is 276 g/mol. The van der Waals surface area contributed by atoms with Gasteiger partial charge in [-0.15, -0.1) is 0 Å². The Hall–Kier alpha value is -1.40. The van der Waals surface area contributed by atoms with Crippen LogP contribution in [0.5, 0.6) is 0 Å². The highest BCUT2D eigenvalue weighted by molar-refractivity contribution is 7.91. The summed E-state index contributed by atoms with van der Waals surface area (Å²) >= 11 is 0. The molecule has 1 aromatic carbocycles. The van der Waals surface area contributed by atoms with Crippen LogP contribution in [0.3, 0.4) is 0 Å². The molecule has 0 spiro atoms. The third-order valence-corrected chi connectivity index (χ3v) is 5.10. The summed E-state index contributed by atoms with van der Waals surface area (Å²) in [6.45, 7) is 2.85. The van der Waals surface area contributed by atoms with Crippen molar-refractivity contribution < 1.29 is 13.2 Å². The zero-order chi connectivity index (χ0) is 14.6. The van der Waals surface area contributed by atoms with Crippen LogP contribution >= 0.6 is 0 Å². The fourth-order valence-electron chi connectivity index (χ4n) is 2.21. The second-order valence-electron chi connectivity index (χ2n) is 5.26. The van der Waals surface area contributed by atoms with Gasteiger partial charge in [-0.3, -0.25) is 4.79 Å². The average molecular weight is 296 g/mol. The van der Waals surface area contributed by atoms with Crippen molar-refractivity contribution in [3.05, 3.63) is 35.4 Å². The van der Waals surface area contributed by atoms with E-state index in [0.29, 0.717) is 13.0 Å². The number of carbonyl (C=O) groups excluding carboxylic acids is 1. The van der Waals surface area contributed by atoms with Crippen molar-refractivity contribution in [2.45, 2.75) is 25.9 Å². The van der Waals surface area contributed by atoms with E-state index in [1.165, 1.54) is 5.56 Å². The van der Waals surface area contributed by atoms with Gasteiger partial charge in [-0.25, -0.2) is 8.42 Å². The van der Waals surface area contributed by atoms with Gasteiger partial charge in [-0.2, -0.15) is 0 Å². The maximum absolute atomic E-state index is 11.7. The summed E-state index contributed by atoms with van der Waals surface area (Å²) in [6.07, 6.45) is 0.520. The van der Waals surface area contributed by atoms with E-state index < -0.39 is 9.84 Å². The molecule has 2 N–H and O–H groups in total. The summed E-state index contributed by atoms with van der Waals surface area (Å²) in [5.74, 6) is 0.0880. The monoisotopic (exact) mass is 296 g/mol. The molecule has 1 aliphatic rings. The van der Waals surface area contributed by atoms with Gasteiger partial charge in [0.25, 0.3) is 0 Å². The first-order valence-electron chi connectivity index (χ1n) is 6.71. The zero-order valence-corrected chi connectivity index (χ0v) is 12.4. The van der Waals surface area contributed by atoms with Gasteiger partial charge in [0.1, 0.15) is 0 Å². The molecule has 5 nitrogen and oxygen atoms in total. The number of sulfone groups is 1. The topological polar surface area (TPSA) is 75.3 Å². The summed E-state index contributed by atoms with van der Waals surface area (Å²) in [6, 6.07) is 7.86.